The van der Waals surface area contributed by atoms with Gasteiger partial charge in [-0.3, -0.25) is 9.52 Å². The van der Waals surface area contributed by atoms with E-state index in [4.69, 9.17) is 4.74 Å². The molecule has 2 aromatic carbocycles. The highest BCUT2D eigenvalue weighted by atomic mass is 32.2. The van der Waals surface area contributed by atoms with E-state index in [0.717, 1.165) is 42.7 Å². The summed E-state index contributed by atoms with van der Waals surface area (Å²) in [5.74, 6) is -3.09. The first-order valence-corrected chi connectivity index (χ1v) is 11.3. The first kappa shape index (κ1) is 26.1. The second-order valence-corrected chi connectivity index (χ2v) is 9.03. The number of alkyl halides is 3. The average Bonchev–Trinajstić information content (AvgIpc) is 2.66. The summed E-state index contributed by atoms with van der Waals surface area (Å²) in [6, 6.07) is 4.54. The molecule has 2 aromatic rings. The van der Waals surface area contributed by atoms with Crippen LogP contribution in [-0.2, 0) is 27.5 Å². The van der Waals surface area contributed by atoms with Gasteiger partial charge < -0.3 is 10.1 Å². The third kappa shape index (κ3) is 8.04. The predicted octanol–water partition coefficient (Wildman–Crippen LogP) is 4.47. The predicted molar refractivity (Wildman–Crippen MR) is 113 cm³/mol. The van der Waals surface area contributed by atoms with E-state index in [-0.39, 0.29) is 23.4 Å². The van der Waals surface area contributed by atoms with Crippen molar-refractivity contribution >= 4 is 27.7 Å². The normalized spacial score (nSPS) is 12.3. The maximum absolute atomic E-state index is 14.0. The summed E-state index contributed by atoms with van der Waals surface area (Å²) in [7, 11) is -3.90. The Morgan fingerprint density at radius 3 is 2.24 bits per heavy atom. The Hall–Kier alpha value is -3.15. The van der Waals surface area contributed by atoms with Crippen LogP contribution in [0.5, 0.6) is 5.75 Å². The fourth-order valence-electron chi connectivity index (χ4n) is 2.63. The molecule has 1 amide bonds. The Labute approximate surface area is 187 Å². The molecule has 2 rings (SSSR count). The highest BCUT2D eigenvalue weighted by molar-refractivity contribution is 7.92. The van der Waals surface area contributed by atoms with Crippen molar-refractivity contribution in [2.45, 2.75) is 32.7 Å². The molecule has 0 aliphatic carbocycles. The molecule has 0 saturated carbocycles. The van der Waals surface area contributed by atoms with Crippen LogP contribution in [0.15, 0.2) is 36.4 Å². The number of anilines is 1. The minimum Gasteiger partial charge on any atom is -0.490 e. The molecular formula is C21H21F5N2O4S. The van der Waals surface area contributed by atoms with Crippen molar-refractivity contribution < 1.29 is 39.9 Å². The molecule has 33 heavy (non-hydrogen) atoms. The lowest BCUT2D eigenvalue weighted by Gasteiger charge is -2.15. The van der Waals surface area contributed by atoms with Crippen LogP contribution >= 0.6 is 0 Å². The molecular weight excluding hydrogens is 471 g/mol. The SMILES string of the molecule is CC(C)Oc1cc(C(F)(F)F)ccc1/C=C\C(=O)NCc1cc(F)c(NS(C)(=O)=O)c(F)c1. The molecule has 0 aromatic heterocycles. The number of hydrogen-bond acceptors (Lipinski definition) is 4. The zero-order valence-electron chi connectivity index (χ0n) is 17.8. The quantitative estimate of drug-likeness (QED) is 0.421. The van der Waals surface area contributed by atoms with E-state index in [0.29, 0.717) is 0 Å². The molecule has 0 aliphatic rings. The standard InChI is InChI=1S/C21H21F5N2O4S/c1-12(2)32-18-10-15(21(24,25)26)6-4-14(18)5-7-19(29)27-11-13-8-16(22)20(17(23)9-13)28-33(3,30)31/h4-10,12,28H,11H2,1-3H3,(H,27,29)/b7-5-. The summed E-state index contributed by atoms with van der Waals surface area (Å²) < 4.78 is 96.3. The highest BCUT2D eigenvalue weighted by Gasteiger charge is 2.31. The van der Waals surface area contributed by atoms with Gasteiger partial charge in [0.05, 0.1) is 17.9 Å². The molecule has 180 valence electrons. The summed E-state index contributed by atoms with van der Waals surface area (Å²) in [5.41, 5.74) is -1.51. The average molecular weight is 492 g/mol. The minimum absolute atomic E-state index is 0.0177. The lowest BCUT2D eigenvalue weighted by molar-refractivity contribution is -0.137. The number of nitrogens with one attached hydrogen (secondary N) is 2. The van der Waals surface area contributed by atoms with Crippen molar-refractivity contribution in [3.05, 3.63) is 64.7 Å². The topological polar surface area (TPSA) is 84.5 Å². The van der Waals surface area contributed by atoms with Gasteiger partial charge >= 0.3 is 6.18 Å². The van der Waals surface area contributed by atoms with Crippen molar-refractivity contribution in [3.8, 4) is 5.75 Å². The van der Waals surface area contributed by atoms with Gasteiger partial charge in [0.1, 0.15) is 11.4 Å². The van der Waals surface area contributed by atoms with Crippen molar-refractivity contribution in [3.63, 3.8) is 0 Å². The van der Waals surface area contributed by atoms with E-state index in [1.807, 2.05) is 0 Å². The fraction of sp³-hybridized carbons (Fsp3) is 0.286. The van der Waals surface area contributed by atoms with Gasteiger partial charge in [0, 0.05) is 18.2 Å². The number of carbonyl (C=O) groups excluding carboxylic acids is 1. The van der Waals surface area contributed by atoms with Crippen LogP contribution in [-0.4, -0.2) is 26.7 Å². The second kappa shape index (κ2) is 10.2. The van der Waals surface area contributed by atoms with Gasteiger partial charge in [-0.25, -0.2) is 17.2 Å². The molecule has 0 radical (unpaired) electrons. The number of amides is 1. The van der Waals surface area contributed by atoms with Crippen LogP contribution in [0, 0.1) is 11.6 Å². The molecule has 0 spiro atoms. The number of benzene rings is 2. The number of halogens is 5. The van der Waals surface area contributed by atoms with Crippen LogP contribution in [0.25, 0.3) is 6.08 Å². The summed E-state index contributed by atoms with van der Waals surface area (Å²) in [6.07, 6.45) is -1.97. The van der Waals surface area contributed by atoms with Gasteiger partial charge in [0.2, 0.25) is 15.9 Å². The number of hydrogen-bond donors (Lipinski definition) is 2. The zero-order valence-corrected chi connectivity index (χ0v) is 18.6. The smallest absolute Gasteiger partial charge is 0.416 e. The minimum atomic E-state index is -4.56. The van der Waals surface area contributed by atoms with Gasteiger partial charge in [-0.15, -0.1) is 0 Å². The molecule has 0 fully saturated rings. The number of sulfonamides is 1. The molecule has 0 unspecified atom stereocenters. The van der Waals surface area contributed by atoms with Crippen LogP contribution < -0.4 is 14.8 Å². The molecule has 2 N–H and O–H groups in total. The first-order valence-electron chi connectivity index (χ1n) is 9.45. The van der Waals surface area contributed by atoms with Crippen LogP contribution in [0.1, 0.15) is 30.5 Å². The van der Waals surface area contributed by atoms with E-state index in [2.05, 4.69) is 5.32 Å². The maximum Gasteiger partial charge on any atom is 0.416 e. The molecule has 6 nitrogen and oxygen atoms in total. The van der Waals surface area contributed by atoms with E-state index in [1.165, 1.54) is 6.08 Å². The van der Waals surface area contributed by atoms with Gasteiger partial charge in [-0.05, 0) is 49.8 Å². The second-order valence-electron chi connectivity index (χ2n) is 7.28. The van der Waals surface area contributed by atoms with Crippen LogP contribution in [0.4, 0.5) is 27.6 Å². The molecule has 0 atom stereocenters. The number of ether oxygens (including phenoxy) is 1. The Bertz CT molecular complexity index is 1140. The van der Waals surface area contributed by atoms with Gasteiger partial charge in [-0.1, -0.05) is 6.07 Å². The van der Waals surface area contributed by atoms with Gasteiger partial charge in [0.25, 0.3) is 0 Å². The summed E-state index contributed by atoms with van der Waals surface area (Å²) in [6.45, 7) is 2.98. The Morgan fingerprint density at radius 2 is 1.73 bits per heavy atom. The highest BCUT2D eigenvalue weighted by Crippen LogP contribution is 2.34. The Kier molecular flexibility index (Phi) is 8.06. The van der Waals surface area contributed by atoms with E-state index in [1.54, 1.807) is 18.6 Å². The van der Waals surface area contributed by atoms with Crippen molar-refractivity contribution in [2.75, 3.05) is 11.0 Å². The molecule has 0 bridgehead atoms. The van der Waals surface area contributed by atoms with E-state index in [9.17, 15) is 35.2 Å². The third-order valence-electron chi connectivity index (χ3n) is 3.97. The van der Waals surface area contributed by atoms with Crippen molar-refractivity contribution in [1.29, 1.82) is 0 Å². The lowest BCUT2D eigenvalue weighted by atomic mass is 10.1. The largest absolute Gasteiger partial charge is 0.490 e. The summed E-state index contributed by atoms with van der Waals surface area (Å²) in [5, 5.41) is 2.37. The Balaban J connectivity index is 2.13. The van der Waals surface area contributed by atoms with Crippen LogP contribution in [0.3, 0.4) is 0 Å². The van der Waals surface area contributed by atoms with Crippen molar-refractivity contribution in [1.82, 2.24) is 5.32 Å². The summed E-state index contributed by atoms with van der Waals surface area (Å²) >= 11 is 0. The van der Waals surface area contributed by atoms with Crippen molar-refractivity contribution in [2.24, 2.45) is 0 Å². The third-order valence-corrected chi connectivity index (χ3v) is 4.55. The fourth-order valence-corrected chi connectivity index (χ4v) is 3.19. The molecule has 0 aliphatic heterocycles. The molecule has 0 saturated heterocycles. The Morgan fingerprint density at radius 1 is 1.12 bits per heavy atom. The van der Waals surface area contributed by atoms with E-state index < -0.39 is 51.1 Å². The van der Waals surface area contributed by atoms with E-state index >= 15 is 0 Å². The lowest BCUT2D eigenvalue weighted by Crippen LogP contribution is -2.21. The monoisotopic (exact) mass is 492 g/mol. The first-order chi connectivity index (χ1) is 15.2. The summed E-state index contributed by atoms with van der Waals surface area (Å²) in [4.78, 5) is 12.1. The van der Waals surface area contributed by atoms with Crippen LogP contribution in [0.2, 0.25) is 0 Å². The molecule has 0 heterocycles. The molecule has 12 heteroatoms. The maximum atomic E-state index is 14.0. The van der Waals surface area contributed by atoms with Gasteiger partial charge in [0.15, 0.2) is 11.6 Å². The number of rotatable bonds is 8. The van der Waals surface area contributed by atoms with Gasteiger partial charge in [-0.2, -0.15) is 13.2 Å². The zero-order chi connectivity index (χ0) is 25.0. The number of carbonyl (C=O) groups is 1.